The van der Waals surface area contributed by atoms with Crippen molar-refractivity contribution in [3.63, 3.8) is 0 Å². The fourth-order valence-electron chi connectivity index (χ4n) is 2.17. The van der Waals surface area contributed by atoms with E-state index in [-0.39, 0.29) is 5.82 Å². The van der Waals surface area contributed by atoms with Crippen LogP contribution in [0.2, 0.25) is 0 Å². The predicted molar refractivity (Wildman–Crippen MR) is 69.1 cm³/mol. The molecule has 0 radical (unpaired) electrons. The molecule has 1 aromatic carbocycles. The van der Waals surface area contributed by atoms with Gasteiger partial charge in [-0.1, -0.05) is 25.3 Å². The standard InChI is InChI=1S/C13H17BrFN/c1-9(8-10-4-2-5-10)16-13-11(14)6-3-7-12(13)15/h3,6-7,9-10,16H,2,4-5,8H2,1H3. The zero-order valence-corrected chi connectivity index (χ0v) is 11.1. The third-order valence-corrected chi connectivity index (χ3v) is 3.93. The number of nitrogens with one attached hydrogen (secondary N) is 1. The fraction of sp³-hybridized carbons (Fsp3) is 0.538. The van der Waals surface area contributed by atoms with Gasteiger partial charge >= 0.3 is 0 Å². The van der Waals surface area contributed by atoms with Gasteiger partial charge in [-0.05, 0) is 47.3 Å². The van der Waals surface area contributed by atoms with Gasteiger partial charge in [0, 0.05) is 10.5 Å². The number of benzene rings is 1. The van der Waals surface area contributed by atoms with Crippen LogP contribution in [-0.2, 0) is 0 Å². The Hall–Kier alpha value is -0.570. The van der Waals surface area contributed by atoms with Gasteiger partial charge in [-0.3, -0.25) is 0 Å². The molecule has 88 valence electrons. The minimum atomic E-state index is -0.185. The van der Waals surface area contributed by atoms with E-state index in [9.17, 15) is 4.39 Å². The Kier molecular flexibility index (Phi) is 3.85. The van der Waals surface area contributed by atoms with Gasteiger partial charge < -0.3 is 5.32 Å². The molecule has 0 aliphatic heterocycles. The Morgan fingerprint density at radius 3 is 2.81 bits per heavy atom. The van der Waals surface area contributed by atoms with Crippen molar-refractivity contribution in [3.05, 3.63) is 28.5 Å². The third-order valence-electron chi connectivity index (χ3n) is 3.27. The molecule has 16 heavy (non-hydrogen) atoms. The van der Waals surface area contributed by atoms with E-state index in [1.807, 2.05) is 6.07 Å². The van der Waals surface area contributed by atoms with Crippen LogP contribution < -0.4 is 5.32 Å². The van der Waals surface area contributed by atoms with Crippen molar-refractivity contribution in [1.82, 2.24) is 0 Å². The average Bonchev–Trinajstić information content (AvgIpc) is 2.18. The quantitative estimate of drug-likeness (QED) is 0.854. The Bertz CT molecular complexity index is 343. The number of anilines is 1. The third kappa shape index (κ3) is 2.76. The normalized spacial score (nSPS) is 17.9. The summed E-state index contributed by atoms with van der Waals surface area (Å²) in [6.07, 6.45) is 5.18. The molecule has 0 aromatic heterocycles. The maximum absolute atomic E-state index is 13.6. The second kappa shape index (κ2) is 5.17. The molecule has 1 N–H and O–H groups in total. The van der Waals surface area contributed by atoms with Crippen molar-refractivity contribution in [2.75, 3.05) is 5.32 Å². The summed E-state index contributed by atoms with van der Waals surface area (Å²) in [5.74, 6) is 0.655. The van der Waals surface area contributed by atoms with Crippen LogP contribution in [0.15, 0.2) is 22.7 Å². The molecule has 1 aromatic rings. The lowest BCUT2D eigenvalue weighted by molar-refractivity contribution is 0.285. The van der Waals surface area contributed by atoms with E-state index in [0.717, 1.165) is 16.8 Å². The van der Waals surface area contributed by atoms with Gasteiger partial charge in [0.2, 0.25) is 0 Å². The first-order valence-electron chi connectivity index (χ1n) is 5.87. The molecule has 0 bridgehead atoms. The summed E-state index contributed by atoms with van der Waals surface area (Å²) in [7, 11) is 0. The van der Waals surface area contributed by atoms with Gasteiger partial charge in [0.05, 0.1) is 5.69 Å². The monoisotopic (exact) mass is 285 g/mol. The topological polar surface area (TPSA) is 12.0 Å². The molecule has 1 fully saturated rings. The van der Waals surface area contributed by atoms with Gasteiger partial charge in [-0.15, -0.1) is 0 Å². The molecule has 1 unspecified atom stereocenters. The Morgan fingerprint density at radius 1 is 1.50 bits per heavy atom. The predicted octanol–water partition coefficient (Wildman–Crippen LogP) is 4.58. The minimum Gasteiger partial charge on any atom is -0.379 e. The van der Waals surface area contributed by atoms with Gasteiger partial charge in [0.1, 0.15) is 5.82 Å². The number of hydrogen-bond donors (Lipinski definition) is 1. The first kappa shape index (κ1) is 11.9. The second-order valence-electron chi connectivity index (χ2n) is 4.67. The van der Waals surface area contributed by atoms with Gasteiger partial charge in [0.25, 0.3) is 0 Å². The first-order valence-corrected chi connectivity index (χ1v) is 6.66. The molecular weight excluding hydrogens is 269 g/mol. The molecule has 0 heterocycles. The highest BCUT2D eigenvalue weighted by molar-refractivity contribution is 9.10. The number of rotatable bonds is 4. The van der Waals surface area contributed by atoms with Gasteiger partial charge in [-0.25, -0.2) is 4.39 Å². The van der Waals surface area contributed by atoms with E-state index < -0.39 is 0 Å². The van der Waals surface area contributed by atoms with E-state index in [2.05, 4.69) is 28.2 Å². The van der Waals surface area contributed by atoms with Crippen LogP contribution in [-0.4, -0.2) is 6.04 Å². The van der Waals surface area contributed by atoms with E-state index in [1.54, 1.807) is 6.07 Å². The second-order valence-corrected chi connectivity index (χ2v) is 5.53. The summed E-state index contributed by atoms with van der Waals surface area (Å²) in [4.78, 5) is 0. The summed E-state index contributed by atoms with van der Waals surface area (Å²) >= 11 is 3.37. The van der Waals surface area contributed by atoms with Crippen LogP contribution in [0.4, 0.5) is 10.1 Å². The largest absolute Gasteiger partial charge is 0.379 e. The molecule has 1 saturated carbocycles. The van der Waals surface area contributed by atoms with E-state index >= 15 is 0 Å². The Balaban J connectivity index is 1.96. The van der Waals surface area contributed by atoms with Crippen molar-refractivity contribution < 1.29 is 4.39 Å². The number of hydrogen-bond acceptors (Lipinski definition) is 1. The molecule has 1 atom stereocenters. The van der Waals surface area contributed by atoms with E-state index in [4.69, 9.17) is 0 Å². The van der Waals surface area contributed by atoms with Crippen molar-refractivity contribution in [1.29, 1.82) is 0 Å². The SMILES string of the molecule is CC(CC1CCC1)Nc1c(F)cccc1Br. The smallest absolute Gasteiger partial charge is 0.147 e. The maximum atomic E-state index is 13.6. The van der Waals surface area contributed by atoms with Crippen LogP contribution in [0.3, 0.4) is 0 Å². The van der Waals surface area contributed by atoms with Crippen LogP contribution in [0.5, 0.6) is 0 Å². The first-order chi connectivity index (χ1) is 7.66. The summed E-state index contributed by atoms with van der Waals surface area (Å²) in [6.45, 7) is 2.12. The van der Waals surface area contributed by atoms with Crippen LogP contribution in [0, 0.1) is 11.7 Å². The highest BCUT2D eigenvalue weighted by Gasteiger charge is 2.20. The molecule has 0 spiro atoms. The number of para-hydroxylation sites is 1. The van der Waals surface area contributed by atoms with Crippen LogP contribution >= 0.6 is 15.9 Å². The molecule has 3 heteroatoms. The molecule has 0 saturated heterocycles. The lowest BCUT2D eigenvalue weighted by Crippen LogP contribution is -2.23. The zero-order valence-electron chi connectivity index (χ0n) is 9.47. The molecular formula is C13H17BrFN. The van der Waals surface area contributed by atoms with Crippen LogP contribution in [0.25, 0.3) is 0 Å². The van der Waals surface area contributed by atoms with Gasteiger partial charge in [0.15, 0.2) is 0 Å². The molecule has 1 aliphatic carbocycles. The molecule has 1 aliphatic rings. The van der Waals surface area contributed by atoms with Crippen molar-refractivity contribution in [3.8, 4) is 0 Å². The zero-order chi connectivity index (χ0) is 11.5. The molecule has 2 rings (SSSR count). The Morgan fingerprint density at radius 2 is 2.25 bits per heavy atom. The summed E-state index contributed by atoms with van der Waals surface area (Å²) in [5.41, 5.74) is 0.592. The lowest BCUT2D eigenvalue weighted by atomic mass is 9.81. The summed E-state index contributed by atoms with van der Waals surface area (Å²) in [6, 6.07) is 5.39. The molecule has 1 nitrogen and oxygen atoms in total. The van der Waals surface area contributed by atoms with Crippen LogP contribution in [0.1, 0.15) is 32.6 Å². The lowest BCUT2D eigenvalue weighted by Gasteiger charge is -2.29. The van der Waals surface area contributed by atoms with E-state index in [0.29, 0.717) is 11.7 Å². The van der Waals surface area contributed by atoms with Crippen molar-refractivity contribution >= 4 is 21.6 Å². The minimum absolute atomic E-state index is 0.185. The molecule has 0 amide bonds. The van der Waals surface area contributed by atoms with Gasteiger partial charge in [-0.2, -0.15) is 0 Å². The summed E-state index contributed by atoms with van der Waals surface area (Å²) in [5, 5.41) is 3.26. The Labute approximate surface area is 105 Å². The average molecular weight is 286 g/mol. The maximum Gasteiger partial charge on any atom is 0.147 e. The highest BCUT2D eigenvalue weighted by atomic mass is 79.9. The van der Waals surface area contributed by atoms with E-state index in [1.165, 1.54) is 25.3 Å². The highest BCUT2D eigenvalue weighted by Crippen LogP contribution is 2.32. The summed E-state index contributed by atoms with van der Waals surface area (Å²) < 4.78 is 14.4. The number of halogens is 2. The van der Waals surface area contributed by atoms with Crippen molar-refractivity contribution in [2.45, 2.75) is 38.6 Å². The fourth-order valence-corrected chi connectivity index (χ4v) is 2.63. The van der Waals surface area contributed by atoms with Crippen molar-refractivity contribution in [2.24, 2.45) is 5.92 Å².